The van der Waals surface area contributed by atoms with Crippen molar-refractivity contribution in [3.63, 3.8) is 0 Å². The van der Waals surface area contributed by atoms with Gasteiger partial charge in [-0.3, -0.25) is 9.78 Å². The maximum atomic E-state index is 11.5. The molecule has 0 amide bonds. The number of aromatic nitrogens is 1. The molecular weight excluding hydrogens is 162 g/mol. The molecule has 0 aliphatic rings. The van der Waals surface area contributed by atoms with Crippen LogP contribution in [0.2, 0.25) is 0 Å². The smallest absolute Gasteiger partial charge is 0.206 e. The van der Waals surface area contributed by atoms with Gasteiger partial charge in [0.2, 0.25) is 5.78 Å². The molecule has 1 rings (SSSR count). The molecule has 0 unspecified atom stereocenters. The molecule has 0 saturated heterocycles. The summed E-state index contributed by atoms with van der Waals surface area (Å²) < 4.78 is 0. The lowest BCUT2D eigenvalue weighted by Gasteiger charge is -2.03. The zero-order valence-electron chi connectivity index (χ0n) is 8.22. The van der Waals surface area contributed by atoms with E-state index in [2.05, 4.69) is 11.6 Å². The number of carbonyl (C=O) groups is 1. The van der Waals surface area contributed by atoms with E-state index in [9.17, 15) is 4.79 Å². The average Bonchev–Trinajstić information content (AvgIpc) is 2.03. The van der Waals surface area contributed by atoms with Crippen LogP contribution in [0.4, 0.5) is 0 Å². The summed E-state index contributed by atoms with van der Waals surface area (Å²) in [4.78, 5) is 15.6. The van der Waals surface area contributed by atoms with Crippen LogP contribution in [0.15, 0.2) is 24.4 Å². The normalized spacial score (nSPS) is 9.77. The molecule has 2 nitrogen and oxygen atoms in total. The van der Waals surface area contributed by atoms with Gasteiger partial charge < -0.3 is 0 Å². The van der Waals surface area contributed by atoms with Crippen molar-refractivity contribution in [1.29, 1.82) is 0 Å². The maximum Gasteiger partial charge on any atom is 0.206 e. The van der Waals surface area contributed by atoms with Crippen molar-refractivity contribution in [2.24, 2.45) is 0 Å². The second-order valence-corrected chi connectivity index (χ2v) is 3.29. The number of carbonyl (C=O) groups excluding carboxylic acids is 1. The molecule has 0 fully saturated rings. The second kappa shape index (κ2) is 3.52. The van der Waals surface area contributed by atoms with Gasteiger partial charge in [-0.25, -0.2) is 0 Å². The number of nitrogens with zero attached hydrogens (tertiary/aromatic N) is 1. The fourth-order valence-electron chi connectivity index (χ4n) is 1.16. The van der Waals surface area contributed by atoms with Crippen LogP contribution in [0, 0.1) is 13.8 Å². The van der Waals surface area contributed by atoms with E-state index in [1.165, 1.54) is 0 Å². The topological polar surface area (TPSA) is 30.0 Å². The third kappa shape index (κ3) is 2.02. The number of aryl methyl sites for hydroxylation is 2. The highest BCUT2D eigenvalue weighted by Gasteiger charge is 2.10. The minimum atomic E-state index is -0.0718. The summed E-state index contributed by atoms with van der Waals surface area (Å²) in [5.41, 5.74) is 3.02. The Morgan fingerprint density at radius 3 is 2.54 bits per heavy atom. The van der Waals surface area contributed by atoms with Crippen molar-refractivity contribution in [2.45, 2.75) is 20.8 Å². The van der Waals surface area contributed by atoms with Gasteiger partial charge in [0.15, 0.2) is 0 Å². The Kier molecular flexibility index (Phi) is 2.61. The van der Waals surface area contributed by atoms with Crippen LogP contribution in [-0.2, 0) is 0 Å². The number of hydrogen-bond acceptors (Lipinski definition) is 2. The summed E-state index contributed by atoms with van der Waals surface area (Å²) in [5, 5.41) is 0. The van der Waals surface area contributed by atoms with Gasteiger partial charge in [0, 0.05) is 6.20 Å². The third-order valence-corrected chi connectivity index (χ3v) is 1.82. The van der Waals surface area contributed by atoms with Crippen molar-refractivity contribution in [3.8, 4) is 0 Å². The fourth-order valence-corrected chi connectivity index (χ4v) is 1.16. The van der Waals surface area contributed by atoms with Crippen LogP contribution in [0.1, 0.15) is 28.5 Å². The summed E-state index contributed by atoms with van der Waals surface area (Å²) in [6, 6.07) is 1.95. The molecule has 0 spiro atoms. The molecule has 0 atom stereocenters. The number of allylic oxidation sites excluding steroid dienone is 1. The molecule has 13 heavy (non-hydrogen) atoms. The van der Waals surface area contributed by atoms with E-state index in [1.54, 1.807) is 13.1 Å². The summed E-state index contributed by atoms with van der Waals surface area (Å²) in [6.45, 7) is 9.14. The van der Waals surface area contributed by atoms with E-state index in [0.29, 0.717) is 11.3 Å². The molecule has 0 radical (unpaired) electrons. The van der Waals surface area contributed by atoms with Gasteiger partial charge in [-0.1, -0.05) is 12.6 Å². The number of hydrogen-bond donors (Lipinski definition) is 0. The standard InChI is InChI=1S/C11H13NO/c1-7(2)11(13)10-9(4)5-8(3)6-12-10/h5-6H,1H2,2-4H3. The lowest BCUT2D eigenvalue weighted by Crippen LogP contribution is -2.05. The Morgan fingerprint density at radius 2 is 2.08 bits per heavy atom. The van der Waals surface area contributed by atoms with Gasteiger partial charge in [0.05, 0.1) is 0 Å². The first-order valence-corrected chi connectivity index (χ1v) is 4.16. The van der Waals surface area contributed by atoms with Crippen molar-refractivity contribution < 1.29 is 4.79 Å². The summed E-state index contributed by atoms with van der Waals surface area (Å²) >= 11 is 0. The van der Waals surface area contributed by atoms with E-state index in [1.807, 2.05) is 19.9 Å². The lowest BCUT2D eigenvalue weighted by molar-refractivity contribution is 0.103. The SMILES string of the molecule is C=C(C)C(=O)c1ncc(C)cc1C. The van der Waals surface area contributed by atoms with Crippen molar-refractivity contribution >= 4 is 5.78 Å². The molecule has 1 aromatic rings. The monoisotopic (exact) mass is 175 g/mol. The molecular formula is C11H13NO. The molecule has 68 valence electrons. The molecule has 1 heterocycles. The van der Waals surface area contributed by atoms with Crippen LogP contribution < -0.4 is 0 Å². The van der Waals surface area contributed by atoms with Gasteiger partial charge in [0.25, 0.3) is 0 Å². The minimum absolute atomic E-state index is 0.0718. The van der Waals surface area contributed by atoms with Gasteiger partial charge >= 0.3 is 0 Å². The predicted molar refractivity (Wildman–Crippen MR) is 52.9 cm³/mol. The first-order chi connectivity index (χ1) is 6.02. The maximum absolute atomic E-state index is 11.5. The highest BCUT2D eigenvalue weighted by Crippen LogP contribution is 2.10. The van der Waals surface area contributed by atoms with E-state index in [-0.39, 0.29) is 5.78 Å². The van der Waals surface area contributed by atoms with E-state index < -0.39 is 0 Å². The quantitative estimate of drug-likeness (QED) is 0.510. The fraction of sp³-hybridized carbons (Fsp3) is 0.273. The van der Waals surface area contributed by atoms with Crippen LogP contribution in [-0.4, -0.2) is 10.8 Å². The van der Waals surface area contributed by atoms with E-state index in [4.69, 9.17) is 0 Å². The largest absolute Gasteiger partial charge is 0.287 e. The Hall–Kier alpha value is -1.44. The molecule has 2 heteroatoms. The highest BCUT2D eigenvalue weighted by molar-refractivity contribution is 6.07. The molecule has 0 aliphatic carbocycles. The summed E-state index contributed by atoms with van der Waals surface area (Å²) in [5.74, 6) is -0.0718. The average molecular weight is 175 g/mol. The second-order valence-electron chi connectivity index (χ2n) is 3.29. The minimum Gasteiger partial charge on any atom is -0.287 e. The number of ketones is 1. The first-order valence-electron chi connectivity index (χ1n) is 4.16. The molecule has 0 saturated carbocycles. The van der Waals surface area contributed by atoms with Crippen molar-refractivity contribution in [3.05, 3.63) is 41.2 Å². The van der Waals surface area contributed by atoms with Gasteiger partial charge in [-0.15, -0.1) is 0 Å². The summed E-state index contributed by atoms with van der Waals surface area (Å²) in [7, 11) is 0. The first kappa shape index (κ1) is 9.65. The zero-order chi connectivity index (χ0) is 10.0. The Morgan fingerprint density at radius 1 is 1.46 bits per heavy atom. The van der Waals surface area contributed by atoms with Crippen LogP contribution in [0.5, 0.6) is 0 Å². The van der Waals surface area contributed by atoms with Gasteiger partial charge in [-0.2, -0.15) is 0 Å². The van der Waals surface area contributed by atoms with E-state index in [0.717, 1.165) is 11.1 Å². The van der Waals surface area contributed by atoms with E-state index >= 15 is 0 Å². The Balaban J connectivity index is 3.16. The lowest BCUT2D eigenvalue weighted by atomic mass is 10.1. The van der Waals surface area contributed by atoms with Crippen molar-refractivity contribution in [2.75, 3.05) is 0 Å². The molecule has 1 aromatic heterocycles. The van der Waals surface area contributed by atoms with Crippen molar-refractivity contribution in [1.82, 2.24) is 4.98 Å². The van der Waals surface area contributed by atoms with Gasteiger partial charge in [-0.05, 0) is 37.5 Å². The Labute approximate surface area is 78.3 Å². The molecule has 0 N–H and O–H groups in total. The summed E-state index contributed by atoms with van der Waals surface area (Å²) in [6.07, 6.45) is 1.70. The molecule has 0 aromatic carbocycles. The predicted octanol–water partition coefficient (Wildman–Crippen LogP) is 2.46. The van der Waals surface area contributed by atoms with Crippen LogP contribution >= 0.6 is 0 Å². The third-order valence-electron chi connectivity index (χ3n) is 1.82. The zero-order valence-corrected chi connectivity index (χ0v) is 8.22. The van der Waals surface area contributed by atoms with Crippen LogP contribution in [0.25, 0.3) is 0 Å². The number of Topliss-reactive ketones (excluding diaryl/α,β-unsaturated/α-hetero) is 1. The van der Waals surface area contributed by atoms with Gasteiger partial charge in [0.1, 0.15) is 5.69 Å². The number of rotatable bonds is 2. The van der Waals surface area contributed by atoms with Crippen LogP contribution in [0.3, 0.4) is 0 Å². The number of pyridine rings is 1. The Bertz CT molecular complexity index is 366. The molecule has 0 aliphatic heterocycles. The highest BCUT2D eigenvalue weighted by atomic mass is 16.1. The molecule has 0 bridgehead atoms.